The molecule has 0 aliphatic carbocycles. The number of nitrogens with zero attached hydrogens (tertiary/aromatic N) is 4. The van der Waals surface area contributed by atoms with E-state index in [0.717, 1.165) is 66.4 Å². The molecule has 4 aromatic heterocycles. The first kappa shape index (κ1) is 26.3. The first-order chi connectivity index (χ1) is 22.8. The van der Waals surface area contributed by atoms with Crippen molar-refractivity contribution in [2.45, 2.75) is 6.17 Å². The van der Waals surface area contributed by atoms with E-state index in [0.29, 0.717) is 11.1 Å². The maximum absolute atomic E-state index is 16.4. The van der Waals surface area contributed by atoms with Gasteiger partial charge in [0, 0.05) is 50.9 Å². The van der Waals surface area contributed by atoms with Crippen LogP contribution >= 0.6 is 0 Å². The lowest BCUT2D eigenvalue weighted by Crippen LogP contribution is -2.00. The van der Waals surface area contributed by atoms with Crippen LogP contribution in [0.5, 0.6) is 0 Å². The largest absolute Gasteiger partial charge is 0.309 e. The lowest BCUT2D eigenvalue weighted by atomic mass is 9.99. The van der Waals surface area contributed by atoms with Crippen LogP contribution in [-0.2, 0) is 0 Å². The van der Waals surface area contributed by atoms with Crippen molar-refractivity contribution in [2.75, 3.05) is 0 Å². The zero-order chi connectivity index (χ0) is 30.6. The number of fused-ring (bicyclic) bond motifs is 7. The Morgan fingerprint density at radius 1 is 0.500 bits per heavy atom. The predicted octanol–water partition coefficient (Wildman–Crippen LogP) is 10.4. The number of rotatable bonds is 5. The minimum Gasteiger partial charge on any atom is -0.309 e. The van der Waals surface area contributed by atoms with Crippen LogP contribution in [0.15, 0.2) is 158 Å². The van der Waals surface area contributed by atoms with E-state index >= 15 is 4.39 Å². The number of para-hydroxylation sites is 2. The molecule has 1 unspecified atom stereocenters. The van der Waals surface area contributed by atoms with Gasteiger partial charge in [-0.1, -0.05) is 78.9 Å². The summed E-state index contributed by atoms with van der Waals surface area (Å²) in [5, 5.41) is 4.46. The van der Waals surface area contributed by atoms with Crippen LogP contribution in [0.3, 0.4) is 0 Å². The third-order valence-corrected chi connectivity index (χ3v) is 8.90. The summed E-state index contributed by atoms with van der Waals surface area (Å²) in [5.41, 5.74) is 8.98. The van der Waals surface area contributed by atoms with Crippen LogP contribution in [0.1, 0.15) is 17.3 Å². The van der Waals surface area contributed by atoms with Gasteiger partial charge in [-0.05, 0) is 77.9 Å². The number of aromatic nitrogens is 4. The van der Waals surface area contributed by atoms with Crippen LogP contribution in [-0.4, -0.2) is 19.1 Å². The Morgan fingerprint density at radius 3 is 2.11 bits per heavy atom. The molecule has 0 N–H and O–H groups in total. The minimum absolute atomic E-state index is 0.584. The van der Waals surface area contributed by atoms with Crippen molar-refractivity contribution in [3.05, 3.63) is 169 Å². The maximum Gasteiger partial charge on any atom is 0.150 e. The molecule has 0 saturated carbocycles. The molecule has 0 amide bonds. The number of pyridine rings is 2. The number of halogens is 1. The molecule has 5 heteroatoms. The van der Waals surface area contributed by atoms with Gasteiger partial charge in [0.2, 0.25) is 0 Å². The molecule has 218 valence electrons. The van der Waals surface area contributed by atoms with Gasteiger partial charge in [-0.2, -0.15) is 0 Å². The molecular weight excluding hydrogens is 567 g/mol. The van der Waals surface area contributed by atoms with Gasteiger partial charge in [0.1, 0.15) is 5.65 Å². The minimum atomic E-state index is -1.32. The number of alkyl halides is 1. The van der Waals surface area contributed by atoms with Crippen LogP contribution in [0.2, 0.25) is 0 Å². The van der Waals surface area contributed by atoms with Gasteiger partial charge in [-0.3, -0.25) is 9.55 Å². The molecule has 0 aliphatic heterocycles. The monoisotopic (exact) mass is 594 g/mol. The second-order valence-corrected chi connectivity index (χ2v) is 11.6. The molecule has 4 heterocycles. The summed E-state index contributed by atoms with van der Waals surface area (Å²) in [5.74, 6) is 0. The van der Waals surface area contributed by atoms with Gasteiger partial charge in [-0.25, -0.2) is 9.37 Å². The topological polar surface area (TPSA) is 35.6 Å². The first-order valence-electron chi connectivity index (χ1n) is 15.4. The Bertz CT molecular complexity index is 2550. The van der Waals surface area contributed by atoms with Crippen molar-refractivity contribution in [3.63, 3.8) is 0 Å². The lowest BCUT2D eigenvalue weighted by molar-refractivity contribution is 0.402. The third-order valence-electron chi connectivity index (χ3n) is 8.90. The van der Waals surface area contributed by atoms with Gasteiger partial charge >= 0.3 is 0 Å². The highest BCUT2D eigenvalue weighted by atomic mass is 19.1. The molecular formula is C41H27FN4. The second-order valence-electron chi connectivity index (χ2n) is 11.6. The van der Waals surface area contributed by atoms with E-state index in [9.17, 15) is 0 Å². The summed E-state index contributed by atoms with van der Waals surface area (Å²) < 4.78 is 20.9. The van der Waals surface area contributed by atoms with E-state index in [4.69, 9.17) is 4.98 Å². The highest BCUT2D eigenvalue weighted by Crippen LogP contribution is 2.42. The molecule has 4 nitrogen and oxygen atoms in total. The van der Waals surface area contributed by atoms with Crippen molar-refractivity contribution < 1.29 is 4.39 Å². The van der Waals surface area contributed by atoms with Crippen LogP contribution in [0.4, 0.5) is 4.39 Å². The molecule has 46 heavy (non-hydrogen) atoms. The van der Waals surface area contributed by atoms with E-state index in [2.05, 4.69) is 80.8 Å². The number of benzene rings is 5. The zero-order valence-corrected chi connectivity index (χ0v) is 24.8. The number of hydrogen-bond acceptors (Lipinski definition) is 2. The quantitative estimate of drug-likeness (QED) is 0.199. The van der Waals surface area contributed by atoms with Crippen LogP contribution in [0.25, 0.3) is 66.4 Å². The summed E-state index contributed by atoms with van der Waals surface area (Å²) in [6.45, 7) is 0. The van der Waals surface area contributed by atoms with Crippen molar-refractivity contribution >= 4 is 43.7 Å². The highest BCUT2D eigenvalue weighted by molar-refractivity contribution is 6.25. The molecule has 0 bridgehead atoms. The normalized spacial score (nSPS) is 12.4. The Hall–Kier alpha value is -6.07. The molecule has 0 spiro atoms. The van der Waals surface area contributed by atoms with Gasteiger partial charge < -0.3 is 4.57 Å². The Balaban J connectivity index is 1.29. The van der Waals surface area contributed by atoms with Crippen LogP contribution < -0.4 is 0 Å². The zero-order valence-electron chi connectivity index (χ0n) is 24.8. The van der Waals surface area contributed by atoms with Gasteiger partial charge in [0.25, 0.3) is 0 Å². The maximum atomic E-state index is 16.4. The fourth-order valence-corrected chi connectivity index (χ4v) is 6.89. The standard InChI is InChI=1S/C41H27FN4/c42-39(28-12-8-11-27(25-28)35-19-6-7-23-43-35)29-13-9-16-31(26-29)46-40-32(33-18-10-24-44-41(33)46)21-22-37-38(40)34-17-4-5-20-36(34)45(37)30-14-2-1-3-15-30/h1-26,39H. The van der Waals surface area contributed by atoms with Gasteiger partial charge in [0.15, 0.2) is 6.17 Å². The number of hydrogen-bond donors (Lipinski definition) is 0. The van der Waals surface area contributed by atoms with Crippen molar-refractivity contribution in [1.29, 1.82) is 0 Å². The molecule has 0 radical (unpaired) electrons. The third kappa shape index (κ3) is 4.06. The Kier molecular flexibility index (Phi) is 6.03. The fourth-order valence-electron chi connectivity index (χ4n) is 6.89. The van der Waals surface area contributed by atoms with E-state index in [1.54, 1.807) is 6.20 Å². The van der Waals surface area contributed by atoms with E-state index in [-0.39, 0.29) is 0 Å². The predicted molar refractivity (Wildman–Crippen MR) is 186 cm³/mol. The second kappa shape index (κ2) is 10.5. The fraction of sp³-hybridized carbons (Fsp3) is 0.0244. The first-order valence-corrected chi connectivity index (χ1v) is 15.4. The summed E-state index contributed by atoms with van der Waals surface area (Å²) in [6.07, 6.45) is 2.27. The van der Waals surface area contributed by atoms with Gasteiger partial charge in [0.05, 0.1) is 22.2 Å². The Labute approximate surface area is 264 Å². The molecule has 0 fully saturated rings. The molecule has 9 rings (SSSR count). The van der Waals surface area contributed by atoms with Crippen molar-refractivity contribution in [2.24, 2.45) is 0 Å². The highest BCUT2D eigenvalue weighted by Gasteiger charge is 2.22. The average molecular weight is 595 g/mol. The van der Waals surface area contributed by atoms with E-state index in [1.165, 1.54) is 0 Å². The van der Waals surface area contributed by atoms with E-state index < -0.39 is 6.17 Å². The summed E-state index contributed by atoms with van der Waals surface area (Å²) in [6, 6.07) is 48.7. The molecule has 5 aromatic carbocycles. The van der Waals surface area contributed by atoms with Crippen molar-refractivity contribution in [1.82, 2.24) is 19.1 Å². The van der Waals surface area contributed by atoms with Gasteiger partial charge in [-0.15, -0.1) is 0 Å². The molecule has 0 saturated heterocycles. The average Bonchev–Trinajstić information content (AvgIpc) is 3.65. The molecule has 1 atom stereocenters. The molecule has 9 aromatic rings. The van der Waals surface area contributed by atoms with E-state index in [1.807, 2.05) is 85.1 Å². The van der Waals surface area contributed by atoms with Crippen molar-refractivity contribution in [3.8, 4) is 22.6 Å². The Morgan fingerprint density at radius 2 is 1.24 bits per heavy atom. The molecule has 0 aliphatic rings. The lowest BCUT2D eigenvalue weighted by Gasteiger charge is -2.14. The smallest absolute Gasteiger partial charge is 0.150 e. The summed E-state index contributed by atoms with van der Waals surface area (Å²) in [4.78, 5) is 9.34. The van der Waals surface area contributed by atoms with Crippen LogP contribution in [0, 0.1) is 0 Å². The summed E-state index contributed by atoms with van der Waals surface area (Å²) in [7, 11) is 0. The SMILES string of the molecule is FC(c1cccc(-c2ccccn2)c1)c1cccc(-n2c3ncccc3c3ccc4c(c5ccccc5n4-c4ccccc4)c32)c1. The summed E-state index contributed by atoms with van der Waals surface area (Å²) >= 11 is 0.